The summed E-state index contributed by atoms with van der Waals surface area (Å²) in [5, 5.41) is 12.3. The highest BCUT2D eigenvalue weighted by atomic mass is 16.3. The molecule has 0 saturated carbocycles. The van der Waals surface area contributed by atoms with E-state index in [1.807, 2.05) is 12.1 Å². The molecule has 2 rings (SSSR count). The molecule has 2 N–H and O–H groups in total. The molecule has 6 heteroatoms. The number of carbonyl (C=O) groups is 1. The lowest BCUT2D eigenvalue weighted by Crippen LogP contribution is -2.55. The van der Waals surface area contributed by atoms with Gasteiger partial charge in [-0.05, 0) is 26.0 Å². The van der Waals surface area contributed by atoms with Gasteiger partial charge in [0.2, 0.25) is 5.91 Å². The van der Waals surface area contributed by atoms with Crippen molar-refractivity contribution in [1.82, 2.24) is 15.1 Å². The summed E-state index contributed by atoms with van der Waals surface area (Å²) in [6.07, 6.45) is 1.29. The first-order chi connectivity index (χ1) is 10.0. The molecule has 2 atom stereocenters. The Bertz CT molecular complexity index is 433. The molecule has 0 spiro atoms. The van der Waals surface area contributed by atoms with Gasteiger partial charge in [0.15, 0.2) is 0 Å². The standard InChI is InChI=1S/C15H25N3O3/c1-12-9-17(5-6-18(12)10-13(2)19)11-15(20)16-8-14-4-3-7-21-14/h3-4,7,12-13,19H,5-6,8-11H2,1-2H3,(H,16,20)/t12-,13+/m1/s1. The van der Waals surface area contributed by atoms with Crippen LogP contribution in [0.3, 0.4) is 0 Å². The Morgan fingerprint density at radius 1 is 1.57 bits per heavy atom. The molecule has 1 aliphatic rings. The highest BCUT2D eigenvalue weighted by Gasteiger charge is 2.25. The van der Waals surface area contributed by atoms with E-state index in [1.54, 1.807) is 13.2 Å². The second-order valence-corrected chi connectivity index (χ2v) is 5.78. The second kappa shape index (κ2) is 7.59. The number of rotatable bonds is 6. The molecule has 1 aliphatic heterocycles. The third kappa shape index (κ3) is 5.15. The predicted molar refractivity (Wildman–Crippen MR) is 79.7 cm³/mol. The lowest BCUT2D eigenvalue weighted by molar-refractivity contribution is -0.123. The zero-order valence-corrected chi connectivity index (χ0v) is 12.8. The van der Waals surface area contributed by atoms with Gasteiger partial charge < -0.3 is 14.8 Å². The number of aliphatic hydroxyl groups is 1. The molecule has 118 valence electrons. The Balaban J connectivity index is 1.70. The zero-order valence-electron chi connectivity index (χ0n) is 12.8. The van der Waals surface area contributed by atoms with Crippen LogP contribution in [0.4, 0.5) is 0 Å². The summed E-state index contributed by atoms with van der Waals surface area (Å²) in [5.74, 6) is 0.779. The molecule has 0 aliphatic carbocycles. The smallest absolute Gasteiger partial charge is 0.234 e. The SMILES string of the molecule is C[C@H](O)CN1CCN(CC(=O)NCc2ccco2)C[C@H]1C. The van der Waals surface area contributed by atoms with E-state index in [2.05, 4.69) is 22.0 Å². The van der Waals surface area contributed by atoms with E-state index in [1.165, 1.54) is 0 Å². The average molecular weight is 295 g/mol. The van der Waals surface area contributed by atoms with Crippen LogP contribution >= 0.6 is 0 Å². The van der Waals surface area contributed by atoms with Crippen molar-refractivity contribution in [1.29, 1.82) is 0 Å². The van der Waals surface area contributed by atoms with Gasteiger partial charge in [-0.2, -0.15) is 0 Å². The molecule has 0 unspecified atom stereocenters. The third-order valence-corrected chi connectivity index (χ3v) is 3.76. The van der Waals surface area contributed by atoms with E-state index < -0.39 is 0 Å². The maximum Gasteiger partial charge on any atom is 0.234 e. The molecule has 1 aromatic rings. The van der Waals surface area contributed by atoms with Crippen LogP contribution in [-0.4, -0.2) is 65.7 Å². The first-order valence-electron chi connectivity index (χ1n) is 7.48. The fraction of sp³-hybridized carbons (Fsp3) is 0.667. The van der Waals surface area contributed by atoms with Crippen molar-refractivity contribution in [2.24, 2.45) is 0 Å². The minimum atomic E-state index is -0.310. The normalized spacial score (nSPS) is 22.1. The maximum absolute atomic E-state index is 11.9. The molecular weight excluding hydrogens is 270 g/mol. The fourth-order valence-corrected chi connectivity index (χ4v) is 2.68. The summed E-state index contributed by atoms with van der Waals surface area (Å²) in [6, 6.07) is 4.01. The van der Waals surface area contributed by atoms with Gasteiger partial charge in [0.1, 0.15) is 5.76 Å². The number of piperazine rings is 1. The van der Waals surface area contributed by atoms with E-state index in [0.717, 1.165) is 25.4 Å². The van der Waals surface area contributed by atoms with Gasteiger partial charge in [-0.3, -0.25) is 14.6 Å². The van der Waals surface area contributed by atoms with Crippen molar-refractivity contribution in [3.8, 4) is 0 Å². The van der Waals surface area contributed by atoms with Crippen molar-refractivity contribution in [2.45, 2.75) is 32.5 Å². The van der Waals surface area contributed by atoms with Crippen LogP contribution < -0.4 is 5.32 Å². The van der Waals surface area contributed by atoms with Gasteiger partial charge >= 0.3 is 0 Å². The van der Waals surface area contributed by atoms with E-state index in [0.29, 0.717) is 25.7 Å². The lowest BCUT2D eigenvalue weighted by atomic mass is 10.1. The van der Waals surface area contributed by atoms with Crippen molar-refractivity contribution >= 4 is 5.91 Å². The lowest BCUT2D eigenvalue weighted by Gasteiger charge is -2.40. The van der Waals surface area contributed by atoms with Crippen LogP contribution in [0.5, 0.6) is 0 Å². The Morgan fingerprint density at radius 3 is 3.00 bits per heavy atom. The molecule has 1 aromatic heterocycles. The Morgan fingerprint density at radius 2 is 2.38 bits per heavy atom. The van der Waals surface area contributed by atoms with E-state index in [4.69, 9.17) is 4.42 Å². The Hall–Kier alpha value is -1.37. The average Bonchev–Trinajstić information content (AvgIpc) is 2.92. The summed E-state index contributed by atoms with van der Waals surface area (Å²) in [4.78, 5) is 16.3. The molecule has 0 radical (unpaired) electrons. The van der Waals surface area contributed by atoms with Crippen molar-refractivity contribution < 1.29 is 14.3 Å². The largest absolute Gasteiger partial charge is 0.467 e. The number of hydrogen-bond acceptors (Lipinski definition) is 5. The van der Waals surface area contributed by atoms with Gasteiger partial charge in [-0.15, -0.1) is 0 Å². The number of nitrogens with one attached hydrogen (secondary N) is 1. The summed E-state index contributed by atoms with van der Waals surface area (Å²) < 4.78 is 5.18. The highest BCUT2D eigenvalue weighted by molar-refractivity contribution is 5.77. The third-order valence-electron chi connectivity index (χ3n) is 3.76. The Kier molecular flexibility index (Phi) is 5.78. The minimum Gasteiger partial charge on any atom is -0.467 e. The second-order valence-electron chi connectivity index (χ2n) is 5.78. The van der Waals surface area contributed by atoms with Gasteiger partial charge in [0.05, 0.1) is 25.5 Å². The molecule has 1 saturated heterocycles. The van der Waals surface area contributed by atoms with Crippen molar-refractivity contribution in [3.05, 3.63) is 24.2 Å². The van der Waals surface area contributed by atoms with Crippen molar-refractivity contribution in [3.63, 3.8) is 0 Å². The molecule has 1 amide bonds. The van der Waals surface area contributed by atoms with E-state index in [9.17, 15) is 9.90 Å². The molecule has 2 heterocycles. The number of hydrogen-bond donors (Lipinski definition) is 2. The molecule has 21 heavy (non-hydrogen) atoms. The zero-order chi connectivity index (χ0) is 15.2. The van der Waals surface area contributed by atoms with Crippen LogP contribution in [0.15, 0.2) is 22.8 Å². The topological polar surface area (TPSA) is 69.0 Å². The first-order valence-corrected chi connectivity index (χ1v) is 7.48. The molecule has 1 fully saturated rings. The number of nitrogens with zero attached hydrogens (tertiary/aromatic N) is 2. The van der Waals surface area contributed by atoms with Crippen molar-refractivity contribution in [2.75, 3.05) is 32.7 Å². The summed E-state index contributed by atoms with van der Waals surface area (Å²) in [6.45, 7) is 8.07. The number of carbonyl (C=O) groups excluding carboxylic acids is 1. The number of amides is 1. The monoisotopic (exact) mass is 295 g/mol. The molecule has 0 aromatic carbocycles. The summed E-state index contributed by atoms with van der Waals surface area (Å²) in [7, 11) is 0. The maximum atomic E-state index is 11.9. The van der Waals surface area contributed by atoms with Crippen LogP contribution in [0.2, 0.25) is 0 Å². The highest BCUT2D eigenvalue weighted by Crippen LogP contribution is 2.09. The number of furan rings is 1. The van der Waals surface area contributed by atoms with E-state index >= 15 is 0 Å². The Labute approximate surface area is 125 Å². The van der Waals surface area contributed by atoms with Crippen LogP contribution in [0, 0.1) is 0 Å². The number of β-amino-alcohol motifs (C(OH)–C–C–N with tert-alkyl or cyclic N) is 1. The fourth-order valence-electron chi connectivity index (χ4n) is 2.68. The van der Waals surface area contributed by atoms with Crippen LogP contribution in [0.1, 0.15) is 19.6 Å². The van der Waals surface area contributed by atoms with Crippen LogP contribution in [0.25, 0.3) is 0 Å². The van der Waals surface area contributed by atoms with E-state index in [-0.39, 0.29) is 12.0 Å². The first kappa shape index (κ1) is 16.0. The molecular formula is C15H25N3O3. The summed E-state index contributed by atoms with van der Waals surface area (Å²) in [5.41, 5.74) is 0. The molecule has 6 nitrogen and oxygen atoms in total. The van der Waals surface area contributed by atoms with Gasteiger partial charge in [-0.1, -0.05) is 0 Å². The van der Waals surface area contributed by atoms with Crippen LogP contribution in [-0.2, 0) is 11.3 Å². The predicted octanol–water partition coefficient (Wildman–Crippen LogP) is 0.283. The minimum absolute atomic E-state index is 0.0163. The van der Waals surface area contributed by atoms with Gasteiger partial charge in [0.25, 0.3) is 0 Å². The molecule has 0 bridgehead atoms. The summed E-state index contributed by atoms with van der Waals surface area (Å²) >= 11 is 0. The van der Waals surface area contributed by atoms with Gasteiger partial charge in [0, 0.05) is 32.2 Å². The number of aliphatic hydroxyl groups excluding tert-OH is 1. The van der Waals surface area contributed by atoms with Gasteiger partial charge in [-0.25, -0.2) is 0 Å². The quantitative estimate of drug-likeness (QED) is 0.789.